The molecule has 0 saturated carbocycles. The van der Waals surface area contributed by atoms with Gasteiger partial charge in [-0.1, -0.05) is 11.6 Å². The lowest BCUT2D eigenvalue weighted by Crippen LogP contribution is -2.44. The maximum Gasteiger partial charge on any atom is 0.258 e. The van der Waals surface area contributed by atoms with Gasteiger partial charge in [0, 0.05) is 21.6 Å². The number of ether oxygens (including phenoxy) is 2. The molecule has 31 heavy (non-hydrogen) atoms. The molecule has 1 N–H and O–H groups in total. The Bertz CT molecular complexity index is 1090. The van der Waals surface area contributed by atoms with Gasteiger partial charge in [0.15, 0.2) is 11.5 Å². The first-order valence-electron chi connectivity index (χ1n) is 9.29. The maximum atomic E-state index is 13.0. The molecule has 1 aliphatic rings. The highest BCUT2D eigenvalue weighted by Crippen LogP contribution is 2.32. The number of nitrogens with one attached hydrogen (secondary N) is 1. The van der Waals surface area contributed by atoms with E-state index in [1.165, 1.54) is 49.0 Å². The molecule has 1 fully saturated rings. The van der Waals surface area contributed by atoms with Gasteiger partial charge in [-0.3, -0.25) is 4.79 Å². The number of benzene rings is 2. The Morgan fingerprint density at radius 3 is 2.52 bits per heavy atom. The molecule has 2 aromatic rings. The van der Waals surface area contributed by atoms with Crippen molar-refractivity contribution in [2.45, 2.75) is 23.8 Å². The minimum absolute atomic E-state index is 0.0920. The lowest BCUT2D eigenvalue weighted by atomic mass is 10.2. The van der Waals surface area contributed by atoms with Crippen LogP contribution in [-0.4, -0.2) is 51.7 Å². The maximum absolute atomic E-state index is 13.0. The van der Waals surface area contributed by atoms with Crippen LogP contribution < -0.4 is 14.9 Å². The van der Waals surface area contributed by atoms with Crippen LogP contribution in [-0.2, 0) is 14.8 Å². The number of hydrogen-bond acceptors (Lipinski definition) is 6. The van der Waals surface area contributed by atoms with Crippen LogP contribution in [0.3, 0.4) is 0 Å². The van der Waals surface area contributed by atoms with Gasteiger partial charge in [-0.2, -0.15) is 9.41 Å². The minimum atomic E-state index is -3.83. The molecule has 3 rings (SSSR count). The summed E-state index contributed by atoms with van der Waals surface area (Å²) in [5.74, 6) is 0.557. The van der Waals surface area contributed by atoms with E-state index in [9.17, 15) is 13.2 Å². The van der Waals surface area contributed by atoms with Crippen LogP contribution in [0, 0.1) is 0 Å². The molecule has 0 spiro atoms. The first kappa shape index (κ1) is 23.5. The number of nitrogens with zero attached hydrogens (tertiary/aromatic N) is 2. The molecule has 2 aromatic carbocycles. The van der Waals surface area contributed by atoms with Crippen LogP contribution in [0.1, 0.15) is 18.4 Å². The molecule has 8 nitrogen and oxygen atoms in total. The van der Waals surface area contributed by atoms with Crippen LogP contribution in [0.25, 0.3) is 0 Å². The third-order valence-corrected chi connectivity index (χ3v) is 7.67. The van der Waals surface area contributed by atoms with E-state index >= 15 is 0 Å². The van der Waals surface area contributed by atoms with Crippen molar-refractivity contribution in [2.24, 2.45) is 5.10 Å². The molecular formula is C20H21BrClN3O5S. The van der Waals surface area contributed by atoms with Gasteiger partial charge in [-0.15, -0.1) is 0 Å². The number of sulfonamides is 1. The average Bonchev–Trinajstić information content (AvgIpc) is 3.26. The van der Waals surface area contributed by atoms with Crippen LogP contribution >= 0.6 is 27.5 Å². The van der Waals surface area contributed by atoms with Gasteiger partial charge in [0.05, 0.1) is 25.3 Å². The van der Waals surface area contributed by atoms with E-state index < -0.39 is 22.0 Å². The number of carbonyl (C=O) groups is 1. The lowest BCUT2D eigenvalue weighted by Gasteiger charge is -2.22. The van der Waals surface area contributed by atoms with E-state index in [4.69, 9.17) is 21.1 Å². The van der Waals surface area contributed by atoms with Gasteiger partial charge in [0.25, 0.3) is 5.91 Å². The van der Waals surface area contributed by atoms with Gasteiger partial charge < -0.3 is 9.47 Å². The molecule has 0 aromatic heterocycles. The molecule has 0 unspecified atom stereocenters. The van der Waals surface area contributed by atoms with Crippen molar-refractivity contribution in [1.82, 2.24) is 9.73 Å². The molecule has 1 saturated heterocycles. The summed E-state index contributed by atoms with van der Waals surface area (Å²) in [5.41, 5.74) is 3.09. The third-order valence-electron chi connectivity index (χ3n) is 4.81. The van der Waals surface area contributed by atoms with Crippen LogP contribution in [0.5, 0.6) is 11.5 Å². The summed E-state index contributed by atoms with van der Waals surface area (Å²) in [6, 6.07) is 8.45. The van der Waals surface area contributed by atoms with Crippen molar-refractivity contribution in [1.29, 1.82) is 0 Å². The predicted molar refractivity (Wildman–Crippen MR) is 121 cm³/mol. The van der Waals surface area contributed by atoms with Crippen molar-refractivity contribution < 1.29 is 22.7 Å². The monoisotopic (exact) mass is 529 g/mol. The van der Waals surface area contributed by atoms with E-state index in [1.54, 1.807) is 12.1 Å². The Labute approximate surface area is 194 Å². The molecule has 0 bridgehead atoms. The molecule has 1 heterocycles. The lowest BCUT2D eigenvalue weighted by molar-refractivity contribution is -0.124. The Morgan fingerprint density at radius 1 is 1.23 bits per heavy atom. The SMILES string of the molecule is COc1cc(Br)c(/C=N\NC(=O)[C@H]2CCCN2S(=O)(=O)c2ccc(Cl)cc2)cc1OC. The molecular weight excluding hydrogens is 510 g/mol. The van der Waals surface area contributed by atoms with Crippen molar-refractivity contribution in [3.63, 3.8) is 0 Å². The second-order valence-electron chi connectivity index (χ2n) is 6.69. The van der Waals surface area contributed by atoms with Crippen molar-refractivity contribution in [3.8, 4) is 11.5 Å². The molecule has 1 amide bonds. The second-order valence-corrected chi connectivity index (χ2v) is 9.87. The average molecular weight is 531 g/mol. The minimum Gasteiger partial charge on any atom is -0.493 e. The van der Waals surface area contributed by atoms with E-state index in [0.717, 1.165) is 0 Å². The largest absolute Gasteiger partial charge is 0.493 e. The fourth-order valence-corrected chi connectivity index (χ4v) is 5.45. The number of carbonyl (C=O) groups excluding carboxylic acids is 1. The van der Waals surface area contributed by atoms with Crippen LogP contribution in [0.2, 0.25) is 5.02 Å². The van der Waals surface area contributed by atoms with Crippen LogP contribution in [0.4, 0.5) is 0 Å². The topological polar surface area (TPSA) is 97.3 Å². The number of hydrogen-bond donors (Lipinski definition) is 1. The van der Waals surface area contributed by atoms with E-state index in [0.29, 0.717) is 39.4 Å². The molecule has 0 aliphatic carbocycles. The molecule has 1 atom stereocenters. The number of rotatable bonds is 7. The number of halogens is 2. The Balaban J connectivity index is 1.73. The van der Waals surface area contributed by atoms with Gasteiger partial charge in [0.1, 0.15) is 6.04 Å². The summed E-state index contributed by atoms with van der Waals surface area (Å²) in [6.07, 6.45) is 2.43. The smallest absolute Gasteiger partial charge is 0.258 e. The first-order chi connectivity index (χ1) is 14.8. The van der Waals surface area contributed by atoms with E-state index in [2.05, 4.69) is 26.5 Å². The summed E-state index contributed by atoms with van der Waals surface area (Å²) in [6.45, 7) is 0.258. The molecule has 11 heteroatoms. The summed E-state index contributed by atoms with van der Waals surface area (Å²) < 4.78 is 38.3. The molecule has 166 valence electrons. The summed E-state index contributed by atoms with van der Waals surface area (Å²) in [5, 5.41) is 4.42. The van der Waals surface area contributed by atoms with Gasteiger partial charge in [-0.05, 0) is 65.2 Å². The van der Waals surface area contributed by atoms with Crippen molar-refractivity contribution >= 4 is 49.7 Å². The predicted octanol–water partition coefficient (Wildman–Crippen LogP) is 3.42. The van der Waals surface area contributed by atoms with Crippen LogP contribution in [0.15, 0.2) is 50.9 Å². The zero-order valence-electron chi connectivity index (χ0n) is 16.8. The van der Waals surface area contributed by atoms with Gasteiger partial charge in [-0.25, -0.2) is 13.8 Å². The normalized spacial score (nSPS) is 17.1. The van der Waals surface area contributed by atoms with Crippen molar-refractivity contribution in [2.75, 3.05) is 20.8 Å². The fourth-order valence-electron chi connectivity index (χ4n) is 3.24. The highest BCUT2D eigenvalue weighted by molar-refractivity contribution is 9.10. The molecule has 0 radical (unpaired) electrons. The summed E-state index contributed by atoms with van der Waals surface area (Å²) in [7, 11) is -0.777. The van der Waals surface area contributed by atoms with E-state index in [-0.39, 0.29) is 11.4 Å². The third kappa shape index (κ3) is 5.20. The van der Waals surface area contributed by atoms with Crippen molar-refractivity contribution in [3.05, 3.63) is 51.5 Å². The number of methoxy groups -OCH3 is 2. The van der Waals surface area contributed by atoms with E-state index in [1.807, 2.05) is 0 Å². The Kier molecular flexibility index (Phi) is 7.58. The highest BCUT2D eigenvalue weighted by atomic mass is 79.9. The quantitative estimate of drug-likeness (QED) is 0.437. The number of hydrazone groups is 1. The zero-order valence-corrected chi connectivity index (χ0v) is 20.0. The number of amides is 1. The first-order valence-corrected chi connectivity index (χ1v) is 11.9. The second kappa shape index (κ2) is 9.99. The zero-order chi connectivity index (χ0) is 22.6. The molecule has 1 aliphatic heterocycles. The summed E-state index contributed by atoms with van der Waals surface area (Å²) in [4.78, 5) is 12.8. The highest BCUT2D eigenvalue weighted by Gasteiger charge is 2.39. The van der Waals surface area contributed by atoms with Gasteiger partial charge >= 0.3 is 0 Å². The van der Waals surface area contributed by atoms with Gasteiger partial charge in [0.2, 0.25) is 10.0 Å². The Hall–Kier alpha value is -2.14. The Morgan fingerprint density at radius 2 is 1.87 bits per heavy atom. The summed E-state index contributed by atoms with van der Waals surface area (Å²) >= 11 is 9.26. The fraction of sp³-hybridized carbons (Fsp3) is 0.300. The standard InChI is InChI=1S/C20H21BrClN3O5S/c1-29-18-10-13(16(21)11-19(18)30-2)12-23-24-20(26)17-4-3-9-25(17)31(27,28)15-7-5-14(22)6-8-15/h5-8,10-12,17H,3-4,9H2,1-2H3,(H,24,26)/b23-12-/t17-/m1/s1.